The number of anilines is 2. The van der Waals surface area contributed by atoms with Crippen LogP contribution in [0, 0.1) is 0 Å². The Bertz CT molecular complexity index is 391. The van der Waals surface area contributed by atoms with Gasteiger partial charge in [0.15, 0.2) is 16.6 Å². The minimum atomic E-state index is 0.103. The summed E-state index contributed by atoms with van der Waals surface area (Å²) in [5.41, 5.74) is 5.89. The molecule has 2 rings (SSSR count). The molecule has 0 atom stereocenters. The molecule has 1 aliphatic carbocycles. The first-order chi connectivity index (χ1) is 8.63. The van der Waals surface area contributed by atoms with E-state index in [1.54, 1.807) is 7.11 Å². The van der Waals surface area contributed by atoms with Crippen LogP contribution in [0.5, 0.6) is 5.75 Å². The van der Waals surface area contributed by atoms with Crippen molar-refractivity contribution in [2.45, 2.75) is 38.8 Å². The normalized spacial score (nSPS) is 15.1. The fourth-order valence-electron chi connectivity index (χ4n) is 1.84. The van der Waals surface area contributed by atoms with Crippen LogP contribution in [-0.4, -0.2) is 36.8 Å². The molecular weight excluding hydrogens is 250 g/mol. The molecule has 0 bridgehead atoms. The van der Waals surface area contributed by atoms with Gasteiger partial charge in [0.2, 0.25) is 0 Å². The van der Waals surface area contributed by atoms with E-state index in [0.717, 1.165) is 17.3 Å². The molecule has 1 aromatic rings. The van der Waals surface area contributed by atoms with Gasteiger partial charge < -0.3 is 20.1 Å². The van der Waals surface area contributed by atoms with Crippen molar-refractivity contribution in [3.05, 3.63) is 0 Å². The molecule has 5 nitrogen and oxygen atoms in total. The van der Waals surface area contributed by atoms with E-state index in [4.69, 9.17) is 15.2 Å². The number of ether oxygens (including phenoxy) is 2. The third-order valence-electron chi connectivity index (χ3n) is 2.80. The zero-order valence-electron chi connectivity index (χ0n) is 11.2. The molecule has 2 N–H and O–H groups in total. The lowest BCUT2D eigenvalue weighted by Gasteiger charge is -2.23. The molecule has 0 saturated heterocycles. The Morgan fingerprint density at radius 2 is 2.22 bits per heavy atom. The van der Waals surface area contributed by atoms with Crippen molar-refractivity contribution >= 4 is 22.4 Å². The predicted molar refractivity (Wildman–Crippen MR) is 74.5 cm³/mol. The van der Waals surface area contributed by atoms with Crippen LogP contribution in [0.3, 0.4) is 0 Å². The number of aromatic nitrogens is 1. The van der Waals surface area contributed by atoms with Gasteiger partial charge in [-0.1, -0.05) is 0 Å². The SMILES string of the molecule is COCCN(c1snc(N)c1OC(C)C)C1CC1. The summed E-state index contributed by atoms with van der Waals surface area (Å²) < 4.78 is 15.2. The van der Waals surface area contributed by atoms with Gasteiger partial charge in [0, 0.05) is 19.7 Å². The topological polar surface area (TPSA) is 60.6 Å². The minimum Gasteiger partial charge on any atom is -0.484 e. The van der Waals surface area contributed by atoms with E-state index in [-0.39, 0.29) is 6.10 Å². The summed E-state index contributed by atoms with van der Waals surface area (Å²) in [4.78, 5) is 2.31. The first-order valence-electron chi connectivity index (χ1n) is 6.30. The van der Waals surface area contributed by atoms with Crippen molar-refractivity contribution in [1.82, 2.24) is 4.37 Å². The van der Waals surface area contributed by atoms with Crippen LogP contribution in [0.1, 0.15) is 26.7 Å². The highest BCUT2D eigenvalue weighted by Gasteiger charge is 2.33. The second-order valence-corrected chi connectivity index (χ2v) is 5.54. The summed E-state index contributed by atoms with van der Waals surface area (Å²) in [5.74, 6) is 1.23. The van der Waals surface area contributed by atoms with Crippen molar-refractivity contribution in [2.24, 2.45) is 0 Å². The molecular formula is C12H21N3O2S. The second-order valence-electron chi connectivity index (χ2n) is 4.79. The van der Waals surface area contributed by atoms with Crippen LogP contribution >= 0.6 is 11.5 Å². The van der Waals surface area contributed by atoms with Gasteiger partial charge in [-0.2, -0.15) is 4.37 Å². The number of nitrogens with zero attached hydrogens (tertiary/aromatic N) is 2. The number of nitrogen functional groups attached to an aromatic ring is 1. The van der Waals surface area contributed by atoms with Crippen molar-refractivity contribution < 1.29 is 9.47 Å². The quantitative estimate of drug-likeness (QED) is 0.823. The number of hydrogen-bond acceptors (Lipinski definition) is 6. The highest BCUT2D eigenvalue weighted by molar-refractivity contribution is 7.11. The van der Waals surface area contributed by atoms with Gasteiger partial charge in [-0.25, -0.2) is 0 Å². The van der Waals surface area contributed by atoms with Crippen LogP contribution in [-0.2, 0) is 4.74 Å². The smallest absolute Gasteiger partial charge is 0.198 e. The molecule has 1 saturated carbocycles. The van der Waals surface area contributed by atoms with E-state index >= 15 is 0 Å². The first kappa shape index (κ1) is 13.4. The van der Waals surface area contributed by atoms with Crippen LogP contribution < -0.4 is 15.4 Å². The van der Waals surface area contributed by atoms with E-state index in [1.165, 1.54) is 24.4 Å². The zero-order chi connectivity index (χ0) is 13.1. The van der Waals surface area contributed by atoms with Crippen molar-refractivity contribution in [3.8, 4) is 5.75 Å². The molecule has 0 aromatic carbocycles. The van der Waals surface area contributed by atoms with Crippen LogP contribution in [0.25, 0.3) is 0 Å². The average molecular weight is 271 g/mol. The Labute approximate surface area is 112 Å². The predicted octanol–water partition coefficient (Wildman–Crippen LogP) is 2.13. The molecule has 0 unspecified atom stereocenters. The zero-order valence-corrected chi connectivity index (χ0v) is 12.0. The van der Waals surface area contributed by atoms with Crippen molar-refractivity contribution in [3.63, 3.8) is 0 Å². The summed E-state index contributed by atoms with van der Waals surface area (Å²) in [5, 5.41) is 1.04. The third kappa shape index (κ3) is 3.05. The fraction of sp³-hybridized carbons (Fsp3) is 0.750. The Balaban J connectivity index is 2.18. The van der Waals surface area contributed by atoms with E-state index in [1.807, 2.05) is 13.8 Å². The molecule has 1 aliphatic rings. The van der Waals surface area contributed by atoms with Crippen LogP contribution in [0.15, 0.2) is 0 Å². The van der Waals surface area contributed by atoms with E-state index in [9.17, 15) is 0 Å². The number of rotatable bonds is 7. The molecule has 18 heavy (non-hydrogen) atoms. The summed E-state index contributed by atoms with van der Waals surface area (Å²) >= 11 is 1.42. The average Bonchev–Trinajstić information content (AvgIpc) is 3.09. The second kappa shape index (κ2) is 5.75. The molecule has 1 aromatic heterocycles. The highest BCUT2D eigenvalue weighted by atomic mass is 32.1. The van der Waals surface area contributed by atoms with Crippen molar-refractivity contribution in [1.29, 1.82) is 0 Å². The number of hydrogen-bond donors (Lipinski definition) is 1. The van der Waals surface area contributed by atoms with Crippen molar-refractivity contribution in [2.75, 3.05) is 30.9 Å². The Morgan fingerprint density at radius 3 is 2.78 bits per heavy atom. The lowest BCUT2D eigenvalue weighted by atomic mass is 10.4. The number of nitrogens with two attached hydrogens (primary N) is 1. The maximum absolute atomic E-state index is 5.89. The Hall–Kier alpha value is -1.01. The van der Waals surface area contributed by atoms with Crippen LogP contribution in [0.4, 0.5) is 10.8 Å². The lowest BCUT2D eigenvalue weighted by Crippen LogP contribution is -2.29. The van der Waals surface area contributed by atoms with Crippen LogP contribution in [0.2, 0.25) is 0 Å². The Kier molecular flexibility index (Phi) is 4.29. The molecule has 0 radical (unpaired) electrons. The lowest BCUT2D eigenvalue weighted by molar-refractivity contribution is 0.204. The maximum Gasteiger partial charge on any atom is 0.198 e. The Morgan fingerprint density at radius 1 is 1.50 bits per heavy atom. The van der Waals surface area contributed by atoms with Gasteiger partial charge >= 0.3 is 0 Å². The summed E-state index contributed by atoms with van der Waals surface area (Å²) in [6.07, 6.45) is 2.55. The molecule has 1 heterocycles. The van der Waals surface area contributed by atoms with Gasteiger partial charge in [0.05, 0.1) is 12.7 Å². The minimum absolute atomic E-state index is 0.103. The van der Waals surface area contributed by atoms with Gasteiger partial charge in [0.25, 0.3) is 0 Å². The van der Waals surface area contributed by atoms with Gasteiger partial charge in [-0.05, 0) is 38.2 Å². The molecule has 1 fully saturated rings. The van der Waals surface area contributed by atoms with Gasteiger partial charge in [-0.15, -0.1) is 0 Å². The first-order valence-corrected chi connectivity index (χ1v) is 7.08. The van der Waals surface area contributed by atoms with E-state index in [2.05, 4.69) is 9.27 Å². The monoisotopic (exact) mass is 271 g/mol. The summed E-state index contributed by atoms with van der Waals surface area (Å²) in [6, 6.07) is 0.592. The fourth-order valence-corrected chi connectivity index (χ4v) is 2.69. The molecule has 102 valence electrons. The molecule has 6 heteroatoms. The molecule has 0 spiro atoms. The largest absolute Gasteiger partial charge is 0.484 e. The van der Waals surface area contributed by atoms with Gasteiger partial charge in [-0.3, -0.25) is 0 Å². The highest BCUT2D eigenvalue weighted by Crippen LogP contribution is 2.43. The standard InChI is InChI=1S/C12H21N3O2S/c1-8(2)17-10-11(13)14-18-12(10)15(6-7-16-3)9-4-5-9/h8-9H,4-7H2,1-3H3,(H2,13,14). The maximum atomic E-state index is 5.89. The van der Waals surface area contributed by atoms with Gasteiger partial charge in [0.1, 0.15) is 0 Å². The summed E-state index contributed by atoms with van der Waals surface area (Å²) in [6.45, 7) is 5.56. The molecule has 0 amide bonds. The summed E-state index contributed by atoms with van der Waals surface area (Å²) in [7, 11) is 1.72. The number of methoxy groups -OCH3 is 1. The van der Waals surface area contributed by atoms with E-state index < -0.39 is 0 Å². The molecule has 0 aliphatic heterocycles. The third-order valence-corrected chi connectivity index (χ3v) is 3.68. The van der Waals surface area contributed by atoms with E-state index in [0.29, 0.717) is 18.5 Å².